The predicted octanol–water partition coefficient (Wildman–Crippen LogP) is 2.69. The van der Waals surface area contributed by atoms with Crippen LogP contribution in [0.4, 0.5) is 0 Å². The van der Waals surface area contributed by atoms with Gasteiger partial charge in [-0.1, -0.05) is 13.3 Å². The molecule has 0 aromatic heterocycles. The van der Waals surface area contributed by atoms with Crippen LogP contribution in [0.1, 0.15) is 36.8 Å². The molecule has 17 heavy (non-hydrogen) atoms. The summed E-state index contributed by atoms with van der Waals surface area (Å²) in [5.74, 6) is 2.50. The van der Waals surface area contributed by atoms with Gasteiger partial charge in [-0.3, -0.25) is 0 Å². The highest BCUT2D eigenvalue weighted by Gasteiger charge is 2.25. The second-order valence-electron chi connectivity index (χ2n) is 4.48. The van der Waals surface area contributed by atoms with Gasteiger partial charge in [0.2, 0.25) is 0 Å². The highest BCUT2D eigenvalue weighted by atomic mass is 16.5. The summed E-state index contributed by atoms with van der Waals surface area (Å²) in [6.07, 6.45) is 2.37. The maximum Gasteiger partial charge on any atom is 0.123 e. The van der Waals surface area contributed by atoms with E-state index < -0.39 is 0 Å². The average molecular weight is 235 g/mol. The normalized spacial score (nSPS) is 18.6. The summed E-state index contributed by atoms with van der Waals surface area (Å²) < 4.78 is 10.9. The van der Waals surface area contributed by atoms with E-state index in [0.717, 1.165) is 24.6 Å². The van der Waals surface area contributed by atoms with Gasteiger partial charge in [0.15, 0.2) is 0 Å². The van der Waals surface area contributed by atoms with Crippen LogP contribution < -0.4 is 14.8 Å². The fraction of sp³-hybridized carbons (Fsp3) is 0.571. The van der Waals surface area contributed by atoms with Crippen molar-refractivity contribution in [2.45, 2.75) is 32.2 Å². The monoisotopic (exact) mass is 235 g/mol. The maximum absolute atomic E-state index is 5.51. The summed E-state index contributed by atoms with van der Waals surface area (Å²) >= 11 is 0. The molecule has 0 saturated heterocycles. The standard InChI is InChI=1S/C14H21NO2/c1-4-5-10-8-15-9-11-12(16-2)6-7-13(17-3)14(10)11/h6-7,10,15H,4-5,8-9H2,1-3H3. The summed E-state index contributed by atoms with van der Waals surface area (Å²) in [7, 11) is 3.47. The molecule has 2 rings (SSSR count). The Morgan fingerprint density at radius 2 is 1.94 bits per heavy atom. The molecular weight excluding hydrogens is 214 g/mol. The Morgan fingerprint density at radius 3 is 2.59 bits per heavy atom. The number of methoxy groups -OCH3 is 2. The zero-order chi connectivity index (χ0) is 12.3. The SMILES string of the molecule is CCCC1CNCc2c(OC)ccc(OC)c21. The lowest BCUT2D eigenvalue weighted by molar-refractivity contribution is 0.376. The number of hydrogen-bond donors (Lipinski definition) is 1. The van der Waals surface area contributed by atoms with Crippen LogP contribution in [-0.2, 0) is 6.54 Å². The molecule has 0 bridgehead atoms. The van der Waals surface area contributed by atoms with Gasteiger partial charge in [0.1, 0.15) is 11.5 Å². The Labute approximate surface area is 103 Å². The topological polar surface area (TPSA) is 30.5 Å². The summed E-state index contributed by atoms with van der Waals surface area (Å²) in [6, 6.07) is 4.01. The fourth-order valence-electron chi connectivity index (χ4n) is 2.69. The van der Waals surface area contributed by atoms with E-state index in [1.54, 1.807) is 14.2 Å². The van der Waals surface area contributed by atoms with Gasteiger partial charge in [0.25, 0.3) is 0 Å². The molecular formula is C14H21NO2. The van der Waals surface area contributed by atoms with Gasteiger partial charge >= 0.3 is 0 Å². The summed E-state index contributed by atoms with van der Waals surface area (Å²) in [6.45, 7) is 4.13. The lowest BCUT2D eigenvalue weighted by atomic mass is 9.86. The zero-order valence-electron chi connectivity index (χ0n) is 10.9. The van der Waals surface area contributed by atoms with E-state index in [-0.39, 0.29) is 0 Å². The number of hydrogen-bond acceptors (Lipinski definition) is 3. The molecule has 3 heteroatoms. The van der Waals surface area contributed by atoms with Crippen molar-refractivity contribution in [1.82, 2.24) is 5.32 Å². The van der Waals surface area contributed by atoms with Crippen LogP contribution in [0.3, 0.4) is 0 Å². The van der Waals surface area contributed by atoms with Crippen molar-refractivity contribution < 1.29 is 9.47 Å². The van der Waals surface area contributed by atoms with Crippen LogP contribution in [0.5, 0.6) is 11.5 Å². The lowest BCUT2D eigenvalue weighted by Gasteiger charge is -2.29. The Morgan fingerprint density at radius 1 is 1.24 bits per heavy atom. The number of benzene rings is 1. The number of fused-ring (bicyclic) bond motifs is 1. The van der Waals surface area contributed by atoms with Gasteiger partial charge in [-0.15, -0.1) is 0 Å². The molecule has 1 atom stereocenters. The highest BCUT2D eigenvalue weighted by Crippen LogP contribution is 2.39. The first-order valence-electron chi connectivity index (χ1n) is 6.26. The first kappa shape index (κ1) is 12.2. The van der Waals surface area contributed by atoms with Crippen molar-refractivity contribution in [2.24, 2.45) is 0 Å². The van der Waals surface area contributed by atoms with Crippen LogP contribution in [0.15, 0.2) is 12.1 Å². The summed E-state index contributed by atoms with van der Waals surface area (Å²) in [5.41, 5.74) is 2.60. The smallest absolute Gasteiger partial charge is 0.123 e. The van der Waals surface area contributed by atoms with Crippen molar-refractivity contribution in [1.29, 1.82) is 0 Å². The largest absolute Gasteiger partial charge is 0.496 e. The Bertz CT molecular complexity index is 390. The first-order valence-corrected chi connectivity index (χ1v) is 6.26. The fourth-order valence-corrected chi connectivity index (χ4v) is 2.69. The molecule has 1 aromatic rings. The quantitative estimate of drug-likeness (QED) is 0.870. The van der Waals surface area contributed by atoms with E-state index in [4.69, 9.17) is 9.47 Å². The number of nitrogens with one attached hydrogen (secondary N) is 1. The molecule has 94 valence electrons. The molecule has 1 aliphatic rings. The second kappa shape index (κ2) is 5.41. The van der Waals surface area contributed by atoms with Crippen LogP contribution in [-0.4, -0.2) is 20.8 Å². The van der Waals surface area contributed by atoms with E-state index >= 15 is 0 Å². The van der Waals surface area contributed by atoms with Crippen LogP contribution >= 0.6 is 0 Å². The van der Waals surface area contributed by atoms with Gasteiger partial charge in [0.05, 0.1) is 14.2 Å². The van der Waals surface area contributed by atoms with Gasteiger partial charge < -0.3 is 14.8 Å². The Kier molecular flexibility index (Phi) is 3.89. The summed E-state index contributed by atoms with van der Waals surface area (Å²) in [4.78, 5) is 0. The van der Waals surface area contributed by atoms with E-state index in [2.05, 4.69) is 12.2 Å². The third-order valence-corrected chi connectivity index (χ3v) is 3.45. The van der Waals surface area contributed by atoms with Gasteiger partial charge in [-0.25, -0.2) is 0 Å². The first-order chi connectivity index (χ1) is 8.31. The average Bonchev–Trinajstić information content (AvgIpc) is 2.38. The molecule has 1 unspecified atom stereocenters. The van der Waals surface area contributed by atoms with Gasteiger partial charge in [-0.05, 0) is 18.6 Å². The van der Waals surface area contributed by atoms with Crippen molar-refractivity contribution in [3.8, 4) is 11.5 Å². The Balaban J connectivity index is 2.48. The minimum Gasteiger partial charge on any atom is -0.496 e. The molecule has 1 aliphatic heterocycles. The van der Waals surface area contributed by atoms with Gasteiger partial charge in [0, 0.05) is 30.1 Å². The molecule has 3 nitrogen and oxygen atoms in total. The molecule has 1 N–H and O–H groups in total. The number of ether oxygens (including phenoxy) is 2. The van der Waals surface area contributed by atoms with Crippen molar-refractivity contribution >= 4 is 0 Å². The lowest BCUT2D eigenvalue weighted by Crippen LogP contribution is -2.29. The van der Waals surface area contributed by atoms with Crippen LogP contribution in [0, 0.1) is 0 Å². The van der Waals surface area contributed by atoms with E-state index in [9.17, 15) is 0 Å². The minimum absolute atomic E-state index is 0.536. The van der Waals surface area contributed by atoms with Crippen molar-refractivity contribution in [3.05, 3.63) is 23.3 Å². The second-order valence-corrected chi connectivity index (χ2v) is 4.48. The molecule has 0 radical (unpaired) electrons. The molecule has 0 aliphatic carbocycles. The molecule has 0 amide bonds. The van der Waals surface area contributed by atoms with E-state index in [1.807, 2.05) is 12.1 Å². The molecule has 1 heterocycles. The predicted molar refractivity (Wildman–Crippen MR) is 68.9 cm³/mol. The zero-order valence-corrected chi connectivity index (χ0v) is 10.9. The molecule has 0 saturated carbocycles. The molecule has 1 aromatic carbocycles. The van der Waals surface area contributed by atoms with Crippen molar-refractivity contribution in [2.75, 3.05) is 20.8 Å². The Hall–Kier alpha value is -1.22. The van der Waals surface area contributed by atoms with Crippen LogP contribution in [0.25, 0.3) is 0 Å². The minimum atomic E-state index is 0.536. The third kappa shape index (κ3) is 2.25. The molecule has 0 spiro atoms. The summed E-state index contributed by atoms with van der Waals surface area (Å²) in [5, 5.41) is 3.47. The van der Waals surface area contributed by atoms with E-state index in [0.29, 0.717) is 5.92 Å². The van der Waals surface area contributed by atoms with Gasteiger partial charge in [-0.2, -0.15) is 0 Å². The maximum atomic E-state index is 5.51. The molecule has 0 fully saturated rings. The third-order valence-electron chi connectivity index (χ3n) is 3.45. The van der Waals surface area contributed by atoms with E-state index in [1.165, 1.54) is 24.0 Å². The van der Waals surface area contributed by atoms with Crippen LogP contribution in [0.2, 0.25) is 0 Å². The highest BCUT2D eigenvalue weighted by molar-refractivity contribution is 5.51. The number of rotatable bonds is 4. The van der Waals surface area contributed by atoms with Crippen molar-refractivity contribution in [3.63, 3.8) is 0 Å².